The Kier molecular flexibility index (Phi) is 7.53. The first-order valence-corrected chi connectivity index (χ1v) is 8.20. The lowest BCUT2D eigenvalue weighted by molar-refractivity contribution is -0.139. The third-order valence-electron chi connectivity index (χ3n) is 3.14. The summed E-state index contributed by atoms with van der Waals surface area (Å²) in [6, 6.07) is 2.00. The molecule has 0 saturated heterocycles. The molecule has 0 fully saturated rings. The summed E-state index contributed by atoms with van der Waals surface area (Å²) < 4.78 is 15.6. The van der Waals surface area contributed by atoms with Crippen molar-refractivity contribution in [2.24, 2.45) is 0 Å². The van der Waals surface area contributed by atoms with Gasteiger partial charge in [-0.1, -0.05) is 0 Å². The number of carbonyl (C=O) groups excluding carboxylic acids is 1. The molecule has 1 amide bonds. The third kappa shape index (κ3) is 4.95. The minimum atomic E-state index is -1.07. The lowest BCUT2D eigenvalue weighted by atomic mass is 10.1. The predicted octanol–water partition coefficient (Wildman–Crippen LogP) is 1.65. The van der Waals surface area contributed by atoms with E-state index in [1.165, 1.54) is 45.2 Å². The van der Waals surface area contributed by atoms with Gasteiger partial charge in [-0.15, -0.1) is 0 Å². The van der Waals surface area contributed by atoms with Crippen LogP contribution in [-0.4, -0.2) is 56.4 Å². The minimum Gasteiger partial charge on any atom is -0.493 e. The van der Waals surface area contributed by atoms with Gasteiger partial charge in [0, 0.05) is 5.56 Å². The topological polar surface area (TPSA) is 94.1 Å². The van der Waals surface area contributed by atoms with Crippen molar-refractivity contribution in [3.63, 3.8) is 0 Å². The van der Waals surface area contributed by atoms with Crippen LogP contribution in [0.15, 0.2) is 12.1 Å². The number of carboxylic acid groups (broad SMARTS) is 1. The van der Waals surface area contributed by atoms with E-state index in [9.17, 15) is 14.7 Å². The van der Waals surface area contributed by atoms with Gasteiger partial charge >= 0.3 is 5.97 Å². The van der Waals surface area contributed by atoms with E-state index in [0.717, 1.165) is 0 Å². The first-order chi connectivity index (χ1) is 11.0. The molecule has 1 aromatic carbocycles. The van der Waals surface area contributed by atoms with E-state index in [1.807, 2.05) is 6.26 Å². The summed E-state index contributed by atoms with van der Waals surface area (Å²) in [6.45, 7) is 0. The van der Waals surface area contributed by atoms with Crippen LogP contribution in [0.25, 0.3) is 0 Å². The van der Waals surface area contributed by atoms with Crippen LogP contribution < -0.4 is 19.5 Å². The molecule has 0 unspecified atom stereocenters. The summed E-state index contributed by atoms with van der Waals surface area (Å²) in [7, 11) is 4.35. The average molecular weight is 343 g/mol. The van der Waals surface area contributed by atoms with E-state index in [4.69, 9.17) is 14.2 Å². The average Bonchev–Trinajstić information content (AvgIpc) is 2.56. The molecule has 2 N–H and O–H groups in total. The number of thioether (sulfide) groups is 1. The molecule has 8 heteroatoms. The van der Waals surface area contributed by atoms with Gasteiger partial charge < -0.3 is 24.6 Å². The summed E-state index contributed by atoms with van der Waals surface area (Å²) in [6.07, 6.45) is 2.21. The SMILES string of the molecule is COc1cc(C(=O)N[C@H](CCSC)C(=O)O)cc(OC)c1OC. The summed E-state index contributed by atoms with van der Waals surface area (Å²) in [4.78, 5) is 23.6. The van der Waals surface area contributed by atoms with Crippen molar-refractivity contribution in [2.75, 3.05) is 33.3 Å². The Balaban J connectivity index is 3.04. The number of aliphatic carboxylic acids is 1. The third-order valence-corrected chi connectivity index (χ3v) is 3.78. The van der Waals surface area contributed by atoms with E-state index < -0.39 is 17.9 Å². The maximum Gasteiger partial charge on any atom is 0.326 e. The van der Waals surface area contributed by atoms with Gasteiger partial charge in [0.25, 0.3) is 5.91 Å². The Morgan fingerprint density at radius 1 is 1.17 bits per heavy atom. The molecule has 0 heterocycles. The zero-order valence-corrected chi connectivity index (χ0v) is 14.4. The van der Waals surface area contributed by atoms with Crippen molar-refractivity contribution in [3.8, 4) is 17.2 Å². The maximum atomic E-state index is 12.3. The van der Waals surface area contributed by atoms with Crippen LogP contribution >= 0.6 is 11.8 Å². The van der Waals surface area contributed by atoms with Gasteiger partial charge in [0.05, 0.1) is 21.3 Å². The number of amides is 1. The Bertz CT molecular complexity index is 538. The molecular weight excluding hydrogens is 322 g/mol. The van der Waals surface area contributed by atoms with Crippen LogP contribution in [0.3, 0.4) is 0 Å². The Hall–Kier alpha value is -2.09. The largest absolute Gasteiger partial charge is 0.493 e. The molecule has 23 heavy (non-hydrogen) atoms. The number of hydrogen-bond acceptors (Lipinski definition) is 6. The van der Waals surface area contributed by atoms with Gasteiger partial charge in [0.2, 0.25) is 5.75 Å². The second kappa shape index (κ2) is 9.14. The highest BCUT2D eigenvalue weighted by Gasteiger charge is 2.22. The van der Waals surface area contributed by atoms with Crippen molar-refractivity contribution in [1.29, 1.82) is 0 Å². The number of carbonyl (C=O) groups is 2. The standard InChI is InChI=1S/C15H21NO6S/c1-20-11-7-9(8-12(21-2)13(11)22-3)14(17)16-10(15(18)19)5-6-23-4/h7-8,10H,5-6H2,1-4H3,(H,16,17)(H,18,19)/t10-/m1/s1. The van der Waals surface area contributed by atoms with Crippen molar-refractivity contribution in [3.05, 3.63) is 17.7 Å². The second-order valence-corrected chi connectivity index (χ2v) is 5.55. The molecule has 0 bridgehead atoms. The molecule has 1 aromatic rings. The zero-order valence-electron chi connectivity index (χ0n) is 13.5. The molecule has 0 aromatic heterocycles. The fraction of sp³-hybridized carbons (Fsp3) is 0.467. The van der Waals surface area contributed by atoms with E-state index in [0.29, 0.717) is 29.4 Å². The molecule has 128 valence electrons. The van der Waals surface area contributed by atoms with Crippen LogP contribution in [0.2, 0.25) is 0 Å². The number of carboxylic acids is 1. The fourth-order valence-corrected chi connectivity index (χ4v) is 2.42. The monoisotopic (exact) mass is 343 g/mol. The number of hydrogen-bond donors (Lipinski definition) is 2. The van der Waals surface area contributed by atoms with Crippen molar-refractivity contribution in [1.82, 2.24) is 5.32 Å². The first kappa shape index (κ1) is 19.0. The quantitative estimate of drug-likeness (QED) is 0.704. The van der Waals surface area contributed by atoms with Crippen molar-refractivity contribution in [2.45, 2.75) is 12.5 Å². The Morgan fingerprint density at radius 2 is 1.74 bits per heavy atom. The predicted molar refractivity (Wildman–Crippen MR) is 88.0 cm³/mol. The Morgan fingerprint density at radius 3 is 2.13 bits per heavy atom. The van der Waals surface area contributed by atoms with Crippen molar-refractivity contribution < 1.29 is 28.9 Å². The lowest BCUT2D eigenvalue weighted by Gasteiger charge is -2.16. The van der Waals surface area contributed by atoms with Crippen molar-refractivity contribution >= 4 is 23.6 Å². The van der Waals surface area contributed by atoms with Crippen LogP contribution in [0.1, 0.15) is 16.8 Å². The van der Waals surface area contributed by atoms with Crippen LogP contribution in [0, 0.1) is 0 Å². The van der Waals surface area contributed by atoms with Gasteiger partial charge in [-0.3, -0.25) is 4.79 Å². The van der Waals surface area contributed by atoms with Gasteiger partial charge in [0.15, 0.2) is 11.5 Å². The van der Waals surface area contributed by atoms with E-state index in [1.54, 1.807) is 0 Å². The molecule has 0 saturated carbocycles. The highest BCUT2D eigenvalue weighted by Crippen LogP contribution is 2.38. The maximum absolute atomic E-state index is 12.3. The molecule has 0 spiro atoms. The summed E-state index contributed by atoms with van der Waals surface area (Å²) in [5.41, 5.74) is 0.231. The van der Waals surface area contributed by atoms with Crippen LogP contribution in [0.5, 0.6) is 17.2 Å². The summed E-state index contributed by atoms with van der Waals surface area (Å²) >= 11 is 1.52. The fourth-order valence-electron chi connectivity index (χ4n) is 1.95. The lowest BCUT2D eigenvalue weighted by Crippen LogP contribution is -2.41. The van der Waals surface area contributed by atoms with Crippen LogP contribution in [0.4, 0.5) is 0 Å². The number of methoxy groups -OCH3 is 3. The zero-order chi connectivity index (χ0) is 17.4. The Labute approximate surface area is 139 Å². The number of nitrogens with one attached hydrogen (secondary N) is 1. The summed E-state index contributed by atoms with van der Waals surface area (Å²) in [5.74, 6) is 0.0641. The van der Waals surface area contributed by atoms with Gasteiger partial charge in [-0.2, -0.15) is 11.8 Å². The highest BCUT2D eigenvalue weighted by atomic mass is 32.2. The molecular formula is C15H21NO6S. The molecule has 0 radical (unpaired) electrons. The van der Waals surface area contributed by atoms with E-state index in [-0.39, 0.29) is 5.56 Å². The number of rotatable bonds is 9. The second-order valence-electron chi connectivity index (χ2n) is 4.56. The normalized spacial score (nSPS) is 11.5. The first-order valence-electron chi connectivity index (χ1n) is 6.81. The minimum absolute atomic E-state index is 0.231. The molecule has 0 aliphatic rings. The molecule has 1 rings (SSSR count). The summed E-state index contributed by atoms with van der Waals surface area (Å²) in [5, 5.41) is 11.7. The molecule has 1 atom stereocenters. The van der Waals surface area contributed by atoms with Crippen LogP contribution in [-0.2, 0) is 4.79 Å². The smallest absolute Gasteiger partial charge is 0.326 e. The number of ether oxygens (including phenoxy) is 3. The van der Waals surface area contributed by atoms with Gasteiger partial charge in [-0.25, -0.2) is 4.79 Å². The van der Waals surface area contributed by atoms with Gasteiger partial charge in [-0.05, 0) is 30.6 Å². The number of benzene rings is 1. The molecule has 7 nitrogen and oxygen atoms in total. The molecule has 0 aliphatic heterocycles. The van der Waals surface area contributed by atoms with E-state index in [2.05, 4.69) is 5.32 Å². The van der Waals surface area contributed by atoms with Gasteiger partial charge in [0.1, 0.15) is 6.04 Å². The molecule has 0 aliphatic carbocycles. The highest BCUT2D eigenvalue weighted by molar-refractivity contribution is 7.98. The van der Waals surface area contributed by atoms with E-state index >= 15 is 0 Å².